The number of amides is 3. The Morgan fingerprint density at radius 3 is 2.54 bits per heavy atom. The monoisotopic (exact) mass is 576 g/mol. The third-order valence-corrected chi connectivity index (χ3v) is 6.16. The molecule has 0 atom stereocenters. The zero-order chi connectivity index (χ0) is 25.4. The Balaban J connectivity index is 1.50. The van der Waals surface area contributed by atoms with Crippen LogP contribution in [0, 0.1) is 6.92 Å². The molecule has 0 aliphatic carbocycles. The van der Waals surface area contributed by atoms with Crippen LogP contribution < -0.4 is 20.8 Å². The molecule has 3 aromatic rings. The number of halogens is 3. The molecule has 3 N–H and O–H groups in total. The number of hydrogen-bond donors (Lipinski definition) is 3. The molecule has 0 aliphatic heterocycles. The highest BCUT2D eigenvalue weighted by Crippen LogP contribution is 2.29. The average molecular weight is 578 g/mol. The Labute approximate surface area is 219 Å². The molecule has 0 radical (unpaired) electrons. The Bertz CT molecular complexity index is 1300. The second-order valence-electron chi connectivity index (χ2n) is 7.13. The Morgan fingerprint density at radius 1 is 1.00 bits per heavy atom. The third kappa shape index (κ3) is 7.81. The second kappa shape index (κ2) is 12.3. The van der Waals surface area contributed by atoms with Gasteiger partial charge in [-0.25, -0.2) is 5.43 Å². The lowest BCUT2D eigenvalue weighted by atomic mass is 10.2. The number of rotatable bonds is 7. The minimum absolute atomic E-state index is 0.122. The molecule has 3 amide bonds. The molecule has 0 aromatic heterocycles. The van der Waals surface area contributed by atoms with Gasteiger partial charge in [-0.3, -0.25) is 14.4 Å². The molecule has 0 fully saturated rings. The van der Waals surface area contributed by atoms with Crippen molar-refractivity contribution in [3.05, 3.63) is 86.3 Å². The first-order valence-corrected chi connectivity index (χ1v) is 11.6. The molecule has 0 heterocycles. The lowest BCUT2D eigenvalue weighted by Gasteiger charge is -2.09. The summed E-state index contributed by atoms with van der Waals surface area (Å²) in [6.45, 7) is 1.73. The molecule has 0 saturated heterocycles. The maximum absolute atomic E-state index is 12.2. The minimum atomic E-state index is -0.996. The topological polar surface area (TPSA) is 109 Å². The molecule has 3 aromatic carbocycles. The summed E-state index contributed by atoms with van der Waals surface area (Å²) in [4.78, 5) is 36.2. The summed E-state index contributed by atoms with van der Waals surface area (Å²) in [7, 11) is 0. The highest BCUT2D eigenvalue weighted by molar-refractivity contribution is 9.10. The third-order valence-electron chi connectivity index (χ3n) is 4.46. The quantitative estimate of drug-likeness (QED) is 0.204. The number of nitrogens with one attached hydrogen (secondary N) is 3. The normalized spacial score (nSPS) is 10.6. The Morgan fingerprint density at radius 2 is 1.77 bits per heavy atom. The lowest BCUT2D eigenvalue weighted by Crippen LogP contribution is -2.32. The zero-order valence-electron chi connectivity index (χ0n) is 18.3. The van der Waals surface area contributed by atoms with Crippen LogP contribution in [0.1, 0.15) is 11.1 Å². The Hall–Kier alpha value is -3.40. The maximum Gasteiger partial charge on any atom is 0.329 e. The first-order valence-electron chi connectivity index (χ1n) is 10.1. The van der Waals surface area contributed by atoms with Crippen LogP contribution in [0.25, 0.3) is 0 Å². The molecule has 0 unspecified atom stereocenters. The van der Waals surface area contributed by atoms with E-state index in [1.54, 1.807) is 42.5 Å². The van der Waals surface area contributed by atoms with Gasteiger partial charge in [-0.2, -0.15) is 5.10 Å². The van der Waals surface area contributed by atoms with Gasteiger partial charge in [0, 0.05) is 10.2 Å². The predicted octanol–water partition coefficient (Wildman–Crippen LogP) is 5.17. The van der Waals surface area contributed by atoms with Gasteiger partial charge in [-0.1, -0.05) is 57.3 Å². The largest absolute Gasteiger partial charge is 0.484 e. The fourth-order valence-electron chi connectivity index (χ4n) is 2.75. The van der Waals surface area contributed by atoms with E-state index >= 15 is 0 Å². The van der Waals surface area contributed by atoms with Crippen molar-refractivity contribution in [1.29, 1.82) is 0 Å². The van der Waals surface area contributed by atoms with Gasteiger partial charge in [0.05, 0.1) is 21.9 Å². The number of carbonyl (C=O) groups is 3. The van der Waals surface area contributed by atoms with Crippen LogP contribution in [0.5, 0.6) is 5.75 Å². The van der Waals surface area contributed by atoms with Crippen LogP contribution in [-0.2, 0) is 14.4 Å². The predicted molar refractivity (Wildman–Crippen MR) is 140 cm³/mol. The number of hydrazone groups is 1. The van der Waals surface area contributed by atoms with Gasteiger partial charge in [0.25, 0.3) is 5.91 Å². The molecule has 8 nitrogen and oxygen atoms in total. The average Bonchev–Trinajstić information content (AvgIpc) is 2.83. The Kier molecular flexibility index (Phi) is 9.25. The van der Waals surface area contributed by atoms with Crippen LogP contribution >= 0.6 is 39.1 Å². The molecule has 0 spiro atoms. The smallest absolute Gasteiger partial charge is 0.329 e. The van der Waals surface area contributed by atoms with Crippen LogP contribution in [0.15, 0.2) is 70.2 Å². The summed E-state index contributed by atoms with van der Waals surface area (Å²) in [5.41, 5.74) is 4.56. The highest BCUT2D eigenvalue weighted by Gasteiger charge is 2.15. The summed E-state index contributed by atoms with van der Waals surface area (Å²) >= 11 is 15.3. The van der Waals surface area contributed by atoms with E-state index in [1.165, 1.54) is 12.3 Å². The molecule has 11 heteroatoms. The van der Waals surface area contributed by atoms with Crippen molar-refractivity contribution < 1.29 is 19.1 Å². The van der Waals surface area contributed by atoms with Crippen molar-refractivity contribution in [3.8, 4) is 5.75 Å². The molecule has 0 bridgehead atoms. The van der Waals surface area contributed by atoms with Crippen molar-refractivity contribution in [3.63, 3.8) is 0 Å². The van der Waals surface area contributed by atoms with Crippen LogP contribution in [-0.4, -0.2) is 30.5 Å². The standard InChI is InChI=1S/C24H19BrCl2N4O4/c1-14-10-16(8-9-18(14)25)29-21(32)13-35-17-5-2-4-15(11-17)12-28-31-24(34)23(33)30-20-7-3-6-19(26)22(20)27/h2-12H,13H2,1H3,(H,29,32)(H,30,33)(H,31,34)/b28-12-. The van der Waals surface area contributed by atoms with E-state index in [0.29, 0.717) is 17.0 Å². The summed E-state index contributed by atoms with van der Waals surface area (Å²) in [5, 5.41) is 9.25. The molecular weight excluding hydrogens is 559 g/mol. The summed E-state index contributed by atoms with van der Waals surface area (Å²) in [6.07, 6.45) is 1.33. The van der Waals surface area contributed by atoms with E-state index in [2.05, 4.69) is 37.1 Å². The minimum Gasteiger partial charge on any atom is -0.484 e. The number of nitrogens with zero attached hydrogens (tertiary/aromatic N) is 1. The van der Waals surface area contributed by atoms with Gasteiger partial charge >= 0.3 is 11.8 Å². The highest BCUT2D eigenvalue weighted by atomic mass is 79.9. The van der Waals surface area contributed by atoms with Crippen LogP contribution in [0.4, 0.5) is 11.4 Å². The number of carbonyl (C=O) groups excluding carboxylic acids is 3. The molecular formula is C24H19BrCl2N4O4. The van der Waals surface area contributed by atoms with E-state index in [9.17, 15) is 14.4 Å². The molecule has 0 saturated carbocycles. The first-order chi connectivity index (χ1) is 16.7. The van der Waals surface area contributed by atoms with E-state index in [-0.39, 0.29) is 28.2 Å². The lowest BCUT2D eigenvalue weighted by molar-refractivity contribution is -0.136. The maximum atomic E-state index is 12.2. The van der Waals surface area contributed by atoms with Gasteiger partial charge in [0.15, 0.2) is 6.61 Å². The zero-order valence-corrected chi connectivity index (χ0v) is 21.4. The van der Waals surface area contributed by atoms with E-state index in [0.717, 1.165) is 10.0 Å². The van der Waals surface area contributed by atoms with Gasteiger partial charge in [0.2, 0.25) is 0 Å². The van der Waals surface area contributed by atoms with Crippen molar-refractivity contribution in [1.82, 2.24) is 5.43 Å². The molecule has 3 rings (SSSR count). The van der Waals surface area contributed by atoms with Gasteiger partial charge < -0.3 is 15.4 Å². The number of anilines is 2. The number of aryl methyl sites for hydroxylation is 1. The van der Waals surface area contributed by atoms with Crippen molar-refractivity contribution in [2.75, 3.05) is 17.2 Å². The number of hydrogen-bond acceptors (Lipinski definition) is 5. The van der Waals surface area contributed by atoms with E-state index in [1.807, 2.05) is 19.1 Å². The van der Waals surface area contributed by atoms with E-state index < -0.39 is 11.8 Å². The molecule has 180 valence electrons. The first kappa shape index (κ1) is 26.2. The summed E-state index contributed by atoms with van der Waals surface area (Å²) in [5.74, 6) is -1.85. The summed E-state index contributed by atoms with van der Waals surface area (Å²) in [6, 6.07) is 16.8. The van der Waals surface area contributed by atoms with Gasteiger partial charge in [0.1, 0.15) is 5.75 Å². The van der Waals surface area contributed by atoms with Crippen molar-refractivity contribution in [2.45, 2.75) is 6.92 Å². The van der Waals surface area contributed by atoms with Crippen molar-refractivity contribution in [2.24, 2.45) is 5.10 Å². The fourth-order valence-corrected chi connectivity index (χ4v) is 3.34. The van der Waals surface area contributed by atoms with Gasteiger partial charge in [-0.15, -0.1) is 0 Å². The molecule has 35 heavy (non-hydrogen) atoms. The fraction of sp³-hybridized carbons (Fsp3) is 0.0833. The van der Waals surface area contributed by atoms with Crippen LogP contribution in [0.2, 0.25) is 10.0 Å². The number of ether oxygens (including phenoxy) is 1. The van der Waals surface area contributed by atoms with Crippen LogP contribution in [0.3, 0.4) is 0 Å². The van der Waals surface area contributed by atoms with Gasteiger partial charge in [-0.05, 0) is 60.5 Å². The number of benzene rings is 3. The second-order valence-corrected chi connectivity index (χ2v) is 8.77. The molecule has 0 aliphatic rings. The SMILES string of the molecule is Cc1cc(NC(=O)COc2cccc(/C=N\NC(=O)C(=O)Nc3cccc(Cl)c3Cl)c2)ccc1Br. The van der Waals surface area contributed by atoms with E-state index in [4.69, 9.17) is 27.9 Å². The summed E-state index contributed by atoms with van der Waals surface area (Å²) < 4.78 is 6.48. The van der Waals surface area contributed by atoms with Crippen molar-refractivity contribution >= 4 is 74.4 Å².